The zero-order chi connectivity index (χ0) is 13.7. The Morgan fingerprint density at radius 2 is 2.00 bits per heavy atom. The van der Waals surface area contributed by atoms with Gasteiger partial charge in [0.2, 0.25) is 5.91 Å². The van der Waals surface area contributed by atoms with Crippen molar-refractivity contribution in [2.45, 2.75) is 39.0 Å². The number of para-hydroxylation sites is 1. The molecule has 0 radical (unpaired) electrons. The molecule has 0 bridgehead atoms. The van der Waals surface area contributed by atoms with Crippen molar-refractivity contribution in [2.75, 3.05) is 13.1 Å². The van der Waals surface area contributed by atoms with E-state index in [0.717, 1.165) is 37.4 Å². The number of piperidine rings is 1. The van der Waals surface area contributed by atoms with Gasteiger partial charge in [-0.1, -0.05) is 38.0 Å². The molecular formula is C16H23NO2. The predicted molar refractivity (Wildman–Crippen MR) is 76.0 cm³/mol. The third kappa shape index (κ3) is 3.72. The molecule has 0 aliphatic carbocycles. The molecule has 0 aromatic heterocycles. The Balaban J connectivity index is 1.87. The van der Waals surface area contributed by atoms with Crippen molar-refractivity contribution in [3.05, 3.63) is 29.8 Å². The number of phenolic OH excluding ortho intramolecular Hbond substituents is 1. The first kappa shape index (κ1) is 13.9. The number of rotatable bonds is 4. The van der Waals surface area contributed by atoms with Crippen LogP contribution < -0.4 is 0 Å². The summed E-state index contributed by atoms with van der Waals surface area (Å²) >= 11 is 0. The first-order valence-electron chi connectivity index (χ1n) is 7.25. The van der Waals surface area contributed by atoms with E-state index in [0.29, 0.717) is 6.42 Å². The minimum Gasteiger partial charge on any atom is -0.508 e. The third-order valence-electron chi connectivity index (χ3n) is 4.00. The Bertz CT molecular complexity index is 423. The molecule has 19 heavy (non-hydrogen) atoms. The molecule has 0 spiro atoms. The van der Waals surface area contributed by atoms with Gasteiger partial charge >= 0.3 is 0 Å². The average molecular weight is 261 g/mol. The largest absolute Gasteiger partial charge is 0.508 e. The van der Waals surface area contributed by atoms with Gasteiger partial charge in [0.05, 0.1) is 6.42 Å². The van der Waals surface area contributed by atoms with E-state index in [2.05, 4.69) is 6.92 Å². The number of nitrogens with zero attached hydrogens (tertiary/aromatic N) is 1. The number of benzene rings is 1. The fraction of sp³-hybridized carbons (Fsp3) is 0.562. The van der Waals surface area contributed by atoms with Gasteiger partial charge in [0.15, 0.2) is 0 Å². The standard InChI is InChI=1S/C16H23NO2/c1-2-5-13-8-10-17(11-9-13)16(19)12-14-6-3-4-7-15(14)18/h3-4,6-7,13,18H,2,5,8-12H2,1H3. The molecule has 1 aromatic carbocycles. The van der Waals surface area contributed by atoms with Gasteiger partial charge in [0.25, 0.3) is 0 Å². The number of carbonyl (C=O) groups excluding carboxylic acids is 1. The van der Waals surface area contributed by atoms with Crippen LogP contribution in [0.5, 0.6) is 5.75 Å². The van der Waals surface area contributed by atoms with E-state index in [1.165, 1.54) is 12.8 Å². The molecular weight excluding hydrogens is 238 g/mol. The highest BCUT2D eigenvalue weighted by atomic mass is 16.3. The number of amides is 1. The number of carbonyl (C=O) groups is 1. The molecule has 1 amide bonds. The molecule has 0 atom stereocenters. The maximum absolute atomic E-state index is 12.2. The van der Waals surface area contributed by atoms with Crippen LogP contribution >= 0.6 is 0 Å². The lowest BCUT2D eigenvalue weighted by atomic mass is 9.92. The van der Waals surface area contributed by atoms with Gasteiger partial charge < -0.3 is 10.0 Å². The van der Waals surface area contributed by atoms with Crippen LogP contribution in [0.25, 0.3) is 0 Å². The topological polar surface area (TPSA) is 40.5 Å². The summed E-state index contributed by atoms with van der Waals surface area (Å²) < 4.78 is 0. The summed E-state index contributed by atoms with van der Waals surface area (Å²) in [5.41, 5.74) is 0.725. The van der Waals surface area contributed by atoms with E-state index in [1.807, 2.05) is 17.0 Å². The fourth-order valence-electron chi connectivity index (χ4n) is 2.81. The van der Waals surface area contributed by atoms with Crippen LogP contribution in [0.3, 0.4) is 0 Å². The van der Waals surface area contributed by atoms with E-state index >= 15 is 0 Å². The summed E-state index contributed by atoms with van der Waals surface area (Å²) in [6.07, 6.45) is 5.07. The van der Waals surface area contributed by atoms with Crippen LogP contribution in [0.2, 0.25) is 0 Å². The van der Waals surface area contributed by atoms with Crippen LogP contribution in [0, 0.1) is 5.92 Å². The summed E-state index contributed by atoms with van der Waals surface area (Å²) in [5, 5.41) is 9.70. The van der Waals surface area contributed by atoms with Gasteiger partial charge in [-0.05, 0) is 24.8 Å². The van der Waals surface area contributed by atoms with Crippen LogP contribution in [0.4, 0.5) is 0 Å². The van der Waals surface area contributed by atoms with Crippen molar-refractivity contribution >= 4 is 5.91 Å². The second-order valence-corrected chi connectivity index (χ2v) is 5.42. The third-order valence-corrected chi connectivity index (χ3v) is 4.00. The maximum atomic E-state index is 12.2. The van der Waals surface area contributed by atoms with E-state index in [4.69, 9.17) is 0 Å². The fourth-order valence-corrected chi connectivity index (χ4v) is 2.81. The van der Waals surface area contributed by atoms with Crippen molar-refractivity contribution in [1.82, 2.24) is 4.90 Å². The number of hydrogen-bond acceptors (Lipinski definition) is 2. The zero-order valence-corrected chi connectivity index (χ0v) is 11.6. The van der Waals surface area contributed by atoms with Gasteiger partial charge in [-0.25, -0.2) is 0 Å². The van der Waals surface area contributed by atoms with Gasteiger partial charge in [0.1, 0.15) is 5.75 Å². The second kappa shape index (κ2) is 6.60. The summed E-state index contributed by atoms with van der Waals surface area (Å²) in [6.45, 7) is 3.96. The van der Waals surface area contributed by atoms with Crippen molar-refractivity contribution in [2.24, 2.45) is 5.92 Å². The van der Waals surface area contributed by atoms with E-state index < -0.39 is 0 Å². The Morgan fingerprint density at radius 3 is 2.63 bits per heavy atom. The van der Waals surface area contributed by atoms with E-state index in [-0.39, 0.29) is 11.7 Å². The quantitative estimate of drug-likeness (QED) is 0.905. The number of phenols is 1. The summed E-state index contributed by atoms with van der Waals surface area (Å²) in [6, 6.07) is 7.09. The first-order chi connectivity index (χ1) is 9.20. The highest BCUT2D eigenvalue weighted by molar-refractivity contribution is 5.79. The molecule has 1 heterocycles. The lowest BCUT2D eigenvalue weighted by molar-refractivity contribution is -0.131. The van der Waals surface area contributed by atoms with Crippen LogP contribution in [-0.4, -0.2) is 29.0 Å². The van der Waals surface area contributed by atoms with Crippen LogP contribution in [-0.2, 0) is 11.2 Å². The Labute approximate surface area is 115 Å². The van der Waals surface area contributed by atoms with Crippen molar-refractivity contribution in [1.29, 1.82) is 0 Å². The van der Waals surface area contributed by atoms with Crippen molar-refractivity contribution in [3.63, 3.8) is 0 Å². The average Bonchev–Trinajstić information content (AvgIpc) is 2.42. The van der Waals surface area contributed by atoms with Gasteiger partial charge in [0, 0.05) is 18.7 Å². The first-order valence-corrected chi connectivity index (χ1v) is 7.25. The molecule has 0 saturated carbocycles. The van der Waals surface area contributed by atoms with E-state index in [9.17, 15) is 9.90 Å². The normalized spacial score (nSPS) is 16.6. The minimum atomic E-state index is 0.136. The van der Waals surface area contributed by atoms with Crippen molar-refractivity contribution in [3.8, 4) is 5.75 Å². The molecule has 1 saturated heterocycles. The molecule has 1 fully saturated rings. The minimum absolute atomic E-state index is 0.136. The Morgan fingerprint density at radius 1 is 1.32 bits per heavy atom. The highest BCUT2D eigenvalue weighted by Crippen LogP contribution is 2.23. The summed E-state index contributed by atoms with van der Waals surface area (Å²) in [4.78, 5) is 14.1. The maximum Gasteiger partial charge on any atom is 0.227 e. The monoisotopic (exact) mass is 261 g/mol. The molecule has 0 unspecified atom stereocenters. The van der Waals surface area contributed by atoms with Gasteiger partial charge in [-0.3, -0.25) is 4.79 Å². The summed E-state index contributed by atoms with van der Waals surface area (Å²) in [5.74, 6) is 1.15. The molecule has 3 heteroatoms. The predicted octanol–water partition coefficient (Wildman–Crippen LogP) is 2.97. The van der Waals surface area contributed by atoms with Crippen molar-refractivity contribution < 1.29 is 9.90 Å². The molecule has 1 aromatic rings. The summed E-state index contributed by atoms with van der Waals surface area (Å²) in [7, 11) is 0. The Kier molecular flexibility index (Phi) is 4.83. The molecule has 1 aliphatic heterocycles. The molecule has 104 valence electrons. The smallest absolute Gasteiger partial charge is 0.227 e. The zero-order valence-electron chi connectivity index (χ0n) is 11.6. The van der Waals surface area contributed by atoms with Crippen LogP contribution in [0.15, 0.2) is 24.3 Å². The van der Waals surface area contributed by atoms with E-state index in [1.54, 1.807) is 12.1 Å². The number of aromatic hydroxyl groups is 1. The molecule has 1 N–H and O–H groups in total. The SMILES string of the molecule is CCCC1CCN(C(=O)Cc2ccccc2O)CC1. The van der Waals surface area contributed by atoms with Crippen LogP contribution in [0.1, 0.15) is 38.2 Å². The Hall–Kier alpha value is -1.51. The number of likely N-dealkylation sites (tertiary alicyclic amines) is 1. The molecule has 1 aliphatic rings. The lowest BCUT2D eigenvalue weighted by Gasteiger charge is -2.32. The molecule has 2 rings (SSSR count). The van der Waals surface area contributed by atoms with Gasteiger partial charge in [-0.15, -0.1) is 0 Å². The van der Waals surface area contributed by atoms with Gasteiger partial charge in [-0.2, -0.15) is 0 Å². The number of hydrogen-bond donors (Lipinski definition) is 1. The highest BCUT2D eigenvalue weighted by Gasteiger charge is 2.22. The molecule has 3 nitrogen and oxygen atoms in total. The lowest BCUT2D eigenvalue weighted by Crippen LogP contribution is -2.39. The second-order valence-electron chi connectivity index (χ2n) is 5.42.